The van der Waals surface area contributed by atoms with E-state index in [1.807, 2.05) is 6.20 Å². The quantitative estimate of drug-likeness (QED) is 0.676. The molecule has 4 heteroatoms. The van der Waals surface area contributed by atoms with Crippen molar-refractivity contribution in [1.29, 1.82) is 0 Å². The number of rotatable bonds is 7. The molecule has 0 amide bonds. The summed E-state index contributed by atoms with van der Waals surface area (Å²) >= 11 is 0. The van der Waals surface area contributed by atoms with Gasteiger partial charge in [-0.1, -0.05) is 6.92 Å². The van der Waals surface area contributed by atoms with E-state index in [1.165, 1.54) is 6.42 Å². The summed E-state index contributed by atoms with van der Waals surface area (Å²) in [5, 5.41) is 3.37. The summed E-state index contributed by atoms with van der Waals surface area (Å²) in [6.07, 6.45) is 6.44. The highest BCUT2D eigenvalue weighted by Crippen LogP contribution is 1.95. The SMILES string of the molecule is CCCNCCN(C)Cc1cnccn1. The number of hydrogen-bond acceptors (Lipinski definition) is 4. The van der Waals surface area contributed by atoms with Crippen LogP contribution in [0.2, 0.25) is 0 Å². The van der Waals surface area contributed by atoms with Crippen LogP contribution in [0.3, 0.4) is 0 Å². The molecule has 0 bridgehead atoms. The highest BCUT2D eigenvalue weighted by atomic mass is 15.1. The van der Waals surface area contributed by atoms with E-state index in [4.69, 9.17) is 0 Å². The fourth-order valence-electron chi connectivity index (χ4n) is 1.34. The number of nitrogens with zero attached hydrogens (tertiary/aromatic N) is 3. The molecule has 0 atom stereocenters. The fourth-order valence-corrected chi connectivity index (χ4v) is 1.34. The Morgan fingerprint density at radius 1 is 1.33 bits per heavy atom. The predicted molar refractivity (Wildman–Crippen MR) is 61.5 cm³/mol. The standard InChI is InChI=1S/C11H20N4/c1-3-4-12-7-8-15(2)10-11-9-13-5-6-14-11/h5-6,9,12H,3-4,7-8,10H2,1-2H3. The molecular weight excluding hydrogens is 188 g/mol. The van der Waals surface area contributed by atoms with Crippen molar-refractivity contribution in [3.8, 4) is 0 Å². The van der Waals surface area contributed by atoms with Crippen molar-refractivity contribution in [2.24, 2.45) is 0 Å². The first kappa shape index (κ1) is 12.1. The van der Waals surface area contributed by atoms with Crippen LogP contribution in [0.1, 0.15) is 19.0 Å². The van der Waals surface area contributed by atoms with Crippen LogP contribution in [0.5, 0.6) is 0 Å². The van der Waals surface area contributed by atoms with E-state index in [0.29, 0.717) is 0 Å². The van der Waals surface area contributed by atoms with Crippen molar-refractivity contribution in [3.63, 3.8) is 0 Å². The normalized spacial score (nSPS) is 10.9. The zero-order chi connectivity index (χ0) is 10.9. The van der Waals surface area contributed by atoms with Crippen LogP contribution in [-0.2, 0) is 6.54 Å². The summed E-state index contributed by atoms with van der Waals surface area (Å²) in [6.45, 7) is 6.21. The lowest BCUT2D eigenvalue weighted by Gasteiger charge is -2.15. The molecular formula is C11H20N4. The Kier molecular flexibility index (Phi) is 5.88. The van der Waals surface area contributed by atoms with E-state index in [-0.39, 0.29) is 0 Å². The van der Waals surface area contributed by atoms with Crippen molar-refractivity contribution in [1.82, 2.24) is 20.2 Å². The van der Waals surface area contributed by atoms with Crippen molar-refractivity contribution in [2.75, 3.05) is 26.7 Å². The van der Waals surface area contributed by atoms with Crippen LogP contribution in [0.15, 0.2) is 18.6 Å². The minimum absolute atomic E-state index is 0.863. The van der Waals surface area contributed by atoms with Gasteiger partial charge in [-0.2, -0.15) is 0 Å². The highest BCUT2D eigenvalue weighted by molar-refractivity contribution is 4.93. The lowest BCUT2D eigenvalue weighted by atomic mass is 10.4. The van der Waals surface area contributed by atoms with Crippen molar-refractivity contribution in [2.45, 2.75) is 19.9 Å². The van der Waals surface area contributed by atoms with Crippen molar-refractivity contribution >= 4 is 0 Å². The topological polar surface area (TPSA) is 41.0 Å². The largest absolute Gasteiger partial charge is 0.315 e. The van der Waals surface area contributed by atoms with E-state index >= 15 is 0 Å². The zero-order valence-corrected chi connectivity index (χ0v) is 9.61. The molecule has 1 aromatic heterocycles. The van der Waals surface area contributed by atoms with E-state index in [1.54, 1.807) is 12.4 Å². The average molecular weight is 208 g/mol. The van der Waals surface area contributed by atoms with Gasteiger partial charge >= 0.3 is 0 Å². The van der Waals surface area contributed by atoms with Gasteiger partial charge in [-0.3, -0.25) is 14.9 Å². The van der Waals surface area contributed by atoms with Crippen LogP contribution in [0.25, 0.3) is 0 Å². The molecule has 0 radical (unpaired) electrons. The van der Waals surface area contributed by atoms with Gasteiger partial charge in [0.25, 0.3) is 0 Å². The first-order valence-corrected chi connectivity index (χ1v) is 5.47. The molecule has 0 fully saturated rings. The van der Waals surface area contributed by atoms with E-state index < -0.39 is 0 Å². The van der Waals surface area contributed by atoms with E-state index in [2.05, 4.69) is 34.2 Å². The molecule has 4 nitrogen and oxygen atoms in total. The predicted octanol–water partition coefficient (Wildman–Crippen LogP) is 0.908. The van der Waals surface area contributed by atoms with Gasteiger partial charge in [0.15, 0.2) is 0 Å². The summed E-state index contributed by atoms with van der Waals surface area (Å²) < 4.78 is 0. The minimum Gasteiger partial charge on any atom is -0.315 e. The van der Waals surface area contributed by atoms with Crippen LogP contribution < -0.4 is 5.32 Å². The molecule has 0 aliphatic rings. The highest BCUT2D eigenvalue weighted by Gasteiger charge is 2.00. The summed E-state index contributed by atoms with van der Waals surface area (Å²) in [6, 6.07) is 0. The summed E-state index contributed by atoms with van der Waals surface area (Å²) in [7, 11) is 2.10. The Bertz CT molecular complexity index is 250. The number of hydrogen-bond donors (Lipinski definition) is 1. The second-order valence-corrected chi connectivity index (χ2v) is 3.68. The molecule has 84 valence electrons. The van der Waals surface area contributed by atoms with Crippen LogP contribution in [0, 0.1) is 0 Å². The molecule has 1 heterocycles. The van der Waals surface area contributed by atoms with Gasteiger partial charge in [0.2, 0.25) is 0 Å². The first-order valence-electron chi connectivity index (χ1n) is 5.47. The molecule has 1 rings (SSSR count). The van der Waals surface area contributed by atoms with Gasteiger partial charge in [0.1, 0.15) is 0 Å². The maximum Gasteiger partial charge on any atom is 0.0726 e. The minimum atomic E-state index is 0.863. The summed E-state index contributed by atoms with van der Waals surface area (Å²) in [5.74, 6) is 0. The first-order chi connectivity index (χ1) is 7.33. The molecule has 0 saturated carbocycles. The molecule has 0 aliphatic heterocycles. The molecule has 1 N–H and O–H groups in total. The molecule has 15 heavy (non-hydrogen) atoms. The lowest BCUT2D eigenvalue weighted by Crippen LogP contribution is -2.29. The van der Waals surface area contributed by atoms with Gasteiger partial charge in [-0.25, -0.2) is 0 Å². The Hall–Kier alpha value is -1.00. The number of nitrogens with one attached hydrogen (secondary N) is 1. The van der Waals surface area contributed by atoms with Crippen molar-refractivity contribution < 1.29 is 0 Å². The maximum atomic E-state index is 4.24. The number of aromatic nitrogens is 2. The van der Waals surface area contributed by atoms with Gasteiger partial charge < -0.3 is 5.32 Å². The van der Waals surface area contributed by atoms with Gasteiger partial charge in [-0.05, 0) is 20.0 Å². The third-order valence-corrected chi connectivity index (χ3v) is 2.15. The van der Waals surface area contributed by atoms with Crippen LogP contribution >= 0.6 is 0 Å². The lowest BCUT2D eigenvalue weighted by molar-refractivity contribution is 0.320. The third kappa shape index (κ3) is 5.44. The Morgan fingerprint density at radius 3 is 2.87 bits per heavy atom. The van der Waals surface area contributed by atoms with Gasteiger partial charge in [-0.15, -0.1) is 0 Å². The second-order valence-electron chi connectivity index (χ2n) is 3.68. The zero-order valence-electron chi connectivity index (χ0n) is 9.61. The van der Waals surface area contributed by atoms with E-state index in [0.717, 1.165) is 31.9 Å². The Morgan fingerprint density at radius 2 is 2.20 bits per heavy atom. The molecule has 0 unspecified atom stereocenters. The third-order valence-electron chi connectivity index (χ3n) is 2.15. The van der Waals surface area contributed by atoms with Gasteiger partial charge in [0.05, 0.1) is 5.69 Å². The van der Waals surface area contributed by atoms with Crippen LogP contribution in [0.4, 0.5) is 0 Å². The molecule has 0 saturated heterocycles. The monoisotopic (exact) mass is 208 g/mol. The molecule has 0 aromatic carbocycles. The molecule has 0 aliphatic carbocycles. The fraction of sp³-hybridized carbons (Fsp3) is 0.636. The Labute approximate surface area is 91.7 Å². The van der Waals surface area contributed by atoms with Crippen LogP contribution in [-0.4, -0.2) is 41.5 Å². The van der Waals surface area contributed by atoms with Gasteiger partial charge in [0, 0.05) is 38.2 Å². The summed E-state index contributed by atoms with van der Waals surface area (Å²) in [5.41, 5.74) is 1.02. The number of likely N-dealkylation sites (N-methyl/N-ethyl adjacent to an activating group) is 1. The molecule has 0 spiro atoms. The van der Waals surface area contributed by atoms with E-state index in [9.17, 15) is 0 Å². The average Bonchev–Trinajstić information content (AvgIpc) is 2.26. The molecule has 1 aromatic rings. The second kappa shape index (κ2) is 7.31. The summed E-state index contributed by atoms with van der Waals surface area (Å²) in [4.78, 5) is 10.5. The Balaban J connectivity index is 2.16. The van der Waals surface area contributed by atoms with Crippen molar-refractivity contribution in [3.05, 3.63) is 24.3 Å². The smallest absolute Gasteiger partial charge is 0.0726 e. The maximum absolute atomic E-state index is 4.24.